The highest BCUT2D eigenvalue weighted by atomic mass is 32.1. The monoisotopic (exact) mass is 534 g/mol. The van der Waals surface area contributed by atoms with Gasteiger partial charge in [0.25, 0.3) is 0 Å². The molecule has 0 radical (unpaired) electrons. The molecule has 0 bridgehead atoms. The number of aliphatic hydroxyl groups is 1. The number of halogens is 4. The first-order valence-electron chi connectivity index (χ1n) is 11.4. The van der Waals surface area contributed by atoms with Crippen molar-refractivity contribution in [3.8, 4) is 10.4 Å². The van der Waals surface area contributed by atoms with Crippen molar-refractivity contribution in [1.82, 2.24) is 20.0 Å². The molecule has 7 nitrogen and oxygen atoms in total. The summed E-state index contributed by atoms with van der Waals surface area (Å²) in [6.45, 7) is 0.351. The highest BCUT2D eigenvalue weighted by molar-refractivity contribution is 7.20. The van der Waals surface area contributed by atoms with Crippen LogP contribution in [0.3, 0.4) is 0 Å². The van der Waals surface area contributed by atoms with Gasteiger partial charge in [0.1, 0.15) is 18.0 Å². The second-order valence-electron chi connectivity index (χ2n) is 8.75. The molecule has 12 heteroatoms. The zero-order valence-electron chi connectivity index (χ0n) is 19.2. The van der Waals surface area contributed by atoms with Crippen LogP contribution in [0, 0.1) is 5.82 Å². The Bertz CT molecular complexity index is 1370. The summed E-state index contributed by atoms with van der Waals surface area (Å²) in [6, 6.07) is 13.0. The van der Waals surface area contributed by atoms with Crippen LogP contribution in [0.5, 0.6) is 0 Å². The molecule has 3 N–H and O–H groups in total. The Morgan fingerprint density at radius 2 is 1.97 bits per heavy atom. The third-order valence-electron chi connectivity index (χ3n) is 6.07. The molecule has 0 saturated carbocycles. The Labute approximate surface area is 212 Å². The minimum atomic E-state index is -4.49. The number of thiazole rings is 1. The topological polar surface area (TPSA) is 87.9 Å². The Kier molecular flexibility index (Phi) is 6.88. The van der Waals surface area contributed by atoms with Gasteiger partial charge in [-0.25, -0.2) is 14.2 Å². The number of nitrogens with zero attached hydrogens (tertiary/aromatic N) is 2. The van der Waals surface area contributed by atoms with Gasteiger partial charge in [-0.2, -0.15) is 13.2 Å². The van der Waals surface area contributed by atoms with Crippen molar-refractivity contribution in [3.05, 3.63) is 83.6 Å². The van der Waals surface area contributed by atoms with Crippen LogP contribution >= 0.6 is 11.3 Å². The van der Waals surface area contributed by atoms with E-state index in [1.807, 2.05) is 24.3 Å². The van der Waals surface area contributed by atoms with Crippen molar-refractivity contribution >= 4 is 22.4 Å². The van der Waals surface area contributed by atoms with E-state index in [2.05, 4.69) is 15.6 Å². The first-order valence-corrected chi connectivity index (χ1v) is 12.2. The molecule has 3 atom stereocenters. The maximum atomic E-state index is 13.3. The fourth-order valence-electron chi connectivity index (χ4n) is 4.23. The molecular weight excluding hydrogens is 512 g/mol. The second-order valence-corrected chi connectivity index (χ2v) is 9.75. The van der Waals surface area contributed by atoms with Gasteiger partial charge in [0.15, 0.2) is 10.7 Å². The lowest BCUT2D eigenvalue weighted by atomic mass is 10.0. The van der Waals surface area contributed by atoms with Gasteiger partial charge in [0.05, 0.1) is 10.9 Å². The fourth-order valence-corrected chi connectivity index (χ4v) is 5.20. The summed E-state index contributed by atoms with van der Waals surface area (Å²) < 4.78 is 58.7. The Hall–Kier alpha value is -3.48. The van der Waals surface area contributed by atoms with E-state index < -0.39 is 36.0 Å². The van der Waals surface area contributed by atoms with Crippen LogP contribution in [-0.2, 0) is 23.9 Å². The molecule has 4 aromatic rings. The molecule has 194 valence electrons. The number of aliphatic hydroxyl groups excluding tert-OH is 1. The smallest absolute Gasteiger partial charge is 0.434 e. The van der Waals surface area contributed by atoms with Crippen LogP contribution in [0.25, 0.3) is 15.4 Å². The van der Waals surface area contributed by atoms with Crippen LogP contribution < -0.4 is 10.6 Å². The molecule has 1 aliphatic rings. The lowest BCUT2D eigenvalue weighted by Gasteiger charge is -2.22. The number of alkyl carbamates (subject to hydrolysis) is 1. The molecule has 0 aliphatic carbocycles. The number of ether oxygens (including phenoxy) is 1. The van der Waals surface area contributed by atoms with E-state index in [9.17, 15) is 27.5 Å². The van der Waals surface area contributed by atoms with Crippen LogP contribution in [0.2, 0.25) is 0 Å². The average Bonchev–Trinajstić information content (AvgIpc) is 3.53. The van der Waals surface area contributed by atoms with E-state index in [4.69, 9.17) is 4.74 Å². The average molecular weight is 535 g/mol. The summed E-state index contributed by atoms with van der Waals surface area (Å²) in [6.07, 6.45) is -3.81. The Morgan fingerprint density at radius 3 is 2.68 bits per heavy atom. The Balaban J connectivity index is 1.20. The molecule has 1 saturated heterocycles. The third-order valence-corrected chi connectivity index (χ3v) is 7.12. The number of fused-ring (bicyclic) bond motifs is 1. The summed E-state index contributed by atoms with van der Waals surface area (Å²) in [7, 11) is 0. The van der Waals surface area contributed by atoms with E-state index in [-0.39, 0.29) is 24.1 Å². The zero-order chi connectivity index (χ0) is 26.2. The van der Waals surface area contributed by atoms with Gasteiger partial charge in [-0.3, -0.25) is 4.40 Å². The van der Waals surface area contributed by atoms with Gasteiger partial charge in [-0.05, 0) is 35.2 Å². The van der Waals surface area contributed by atoms with E-state index >= 15 is 0 Å². The molecule has 2 aromatic heterocycles. The number of β-amino-alcohol motifs (C(OH)–C–C–N with tert-alkyl or cyclic N) is 1. The lowest BCUT2D eigenvalue weighted by Crippen LogP contribution is -2.41. The van der Waals surface area contributed by atoms with Crippen LogP contribution in [0.4, 0.5) is 22.4 Å². The van der Waals surface area contributed by atoms with Gasteiger partial charge in [-0.15, -0.1) is 0 Å². The quantitative estimate of drug-likeness (QED) is 0.320. The molecule has 5 rings (SSSR count). The summed E-state index contributed by atoms with van der Waals surface area (Å²) in [5.74, 6) is -0.404. The summed E-state index contributed by atoms with van der Waals surface area (Å²) in [4.78, 5) is 17.0. The number of benzene rings is 2. The number of carbonyl (C=O) groups excluding carboxylic acids is 1. The van der Waals surface area contributed by atoms with Crippen molar-refractivity contribution in [2.24, 2.45) is 0 Å². The molecule has 2 aromatic carbocycles. The number of imidazole rings is 1. The van der Waals surface area contributed by atoms with Gasteiger partial charge in [0.2, 0.25) is 0 Å². The van der Waals surface area contributed by atoms with Crippen LogP contribution in [0.15, 0.2) is 60.9 Å². The highest BCUT2D eigenvalue weighted by Gasteiger charge is 2.38. The van der Waals surface area contributed by atoms with Crippen LogP contribution in [0.1, 0.15) is 16.8 Å². The summed E-state index contributed by atoms with van der Waals surface area (Å²) in [5, 5.41) is 16.1. The first kappa shape index (κ1) is 25.2. The maximum Gasteiger partial charge on any atom is 0.434 e. The number of amides is 1. The summed E-state index contributed by atoms with van der Waals surface area (Å²) in [5.41, 5.74) is 1.41. The number of hydrogen-bond donors (Lipinski definition) is 3. The SMILES string of the molecule is O=C(NCc1cccc(F)c1)O[C@@H]1[C@@H](O)CN[C@@H]1Cc1ccc(-c2cn3cc(C(F)(F)F)nc3s2)cc1. The lowest BCUT2D eigenvalue weighted by molar-refractivity contribution is -0.140. The minimum Gasteiger partial charge on any atom is -0.442 e. The first-order chi connectivity index (χ1) is 17.7. The maximum absolute atomic E-state index is 13.3. The molecule has 1 fully saturated rings. The molecular formula is C25H22F4N4O3S. The number of aromatic nitrogens is 2. The van der Waals surface area contributed by atoms with Crippen LogP contribution in [-0.4, -0.2) is 45.4 Å². The van der Waals surface area contributed by atoms with Crippen molar-refractivity contribution in [3.63, 3.8) is 0 Å². The summed E-state index contributed by atoms with van der Waals surface area (Å²) >= 11 is 1.16. The fraction of sp³-hybridized carbons (Fsp3) is 0.280. The standard InChI is InChI=1S/C25H22F4N4O3S/c26-17-3-1-2-15(8-17)10-31-24(35)36-22-18(30-11-19(22)34)9-14-4-6-16(7-5-14)20-12-33-13-21(25(27,28)29)32-23(33)37-20/h1-8,12-13,18-19,22,30,34H,9-11H2,(H,31,35)/t18-,19+,22+/m1/s1. The Morgan fingerprint density at radius 1 is 1.19 bits per heavy atom. The molecule has 1 aliphatic heterocycles. The van der Waals surface area contributed by atoms with E-state index in [1.54, 1.807) is 18.3 Å². The number of nitrogens with one attached hydrogen (secondary N) is 2. The minimum absolute atomic E-state index is 0.0873. The molecule has 3 heterocycles. The number of hydrogen-bond acceptors (Lipinski definition) is 6. The predicted octanol–water partition coefficient (Wildman–Crippen LogP) is 4.39. The number of rotatable bonds is 6. The van der Waals surface area contributed by atoms with E-state index in [1.165, 1.54) is 16.5 Å². The zero-order valence-corrected chi connectivity index (χ0v) is 20.0. The molecule has 0 spiro atoms. The second kappa shape index (κ2) is 10.1. The van der Waals surface area contributed by atoms with Crippen molar-refractivity contribution in [2.75, 3.05) is 6.54 Å². The normalized spacial score (nSPS) is 19.9. The van der Waals surface area contributed by atoms with Gasteiger partial charge >= 0.3 is 12.3 Å². The highest BCUT2D eigenvalue weighted by Crippen LogP contribution is 2.33. The van der Waals surface area contributed by atoms with Crippen molar-refractivity contribution < 1.29 is 32.2 Å². The largest absolute Gasteiger partial charge is 0.442 e. The molecule has 0 unspecified atom stereocenters. The molecule has 37 heavy (non-hydrogen) atoms. The number of carbonyl (C=O) groups is 1. The van der Waals surface area contributed by atoms with Crippen molar-refractivity contribution in [2.45, 2.75) is 37.4 Å². The van der Waals surface area contributed by atoms with Gasteiger partial charge < -0.3 is 20.5 Å². The third kappa shape index (κ3) is 5.76. The van der Waals surface area contributed by atoms with Gasteiger partial charge in [0, 0.05) is 25.5 Å². The van der Waals surface area contributed by atoms with E-state index in [0.717, 1.165) is 33.5 Å². The predicted molar refractivity (Wildman–Crippen MR) is 129 cm³/mol. The number of alkyl halides is 3. The van der Waals surface area contributed by atoms with E-state index in [0.29, 0.717) is 12.0 Å². The molecule has 1 amide bonds. The van der Waals surface area contributed by atoms with Crippen molar-refractivity contribution in [1.29, 1.82) is 0 Å². The van der Waals surface area contributed by atoms with Gasteiger partial charge in [-0.1, -0.05) is 47.7 Å².